The number of nitrogens with one attached hydrogen (secondary N) is 2. The van der Waals surface area contributed by atoms with Gasteiger partial charge in [0.2, 0.25) is 11.8 Å². The molecule has 0 radical (unpaired) electrons. The third kappa shape index (κ3) is 10.6. The molecule has 3 aromatic rings. The molecule has 0 bridgehead atoms. The number of carbonyl (C=O) groups is 3. The second-order valence-corrected chi connectivity index (χ2v) is 12.5. The maximum absolute atomic E-state index is 13.7. The van der Waals surface area contributed by atoms with Gasteiger partial charge in [0.05, 0.1) is 11.6 Å². The lowest BCUT2D eigenvalue weighted by atomic mass is 9.99. The summed E-state index contributed by atoms with van der Waals surface area (Å²) in [6.07, 6.45) is 0.894. The summed E-state index contributed by atoms with van der Waals surface area (Å²) in [6.45, 7) is 10.4. The molecule has 7 nitrogen and oxygen atoms in total. The number of likely N-dealkylation sites (N-methyl/N-ethyl adjacent to an activating group) is 1. The third-order valence-electron chi connectivity index (χ3n) is 6.56. The van der Waals surface area contributed by atoms with E-state index < -0.39 is 23.6 Å². The van der Waals surface area contributed by atoms with E-state index in [1.807, 2.05) is 63.1 Å². The Morgan fingerprint density at radius 3 is 2.14 bits per heavy atom. The summed E-state index contributed by atoms with van der Waals surface area (Å²) in [5.41, 5.74) is 1.80. The Morgan fingerprint density at radius 1 is 0.881 bits per heavy atom. The summed E-state index contributed by atoms with van der Waals surface area (Å²) in [5.74, 6) is -0.273. The van der Waals surface area contributed by atoms with Gasteiger partial charge in [-0.3, -0.25) is 14.5 Å². The molecule has 0 aliphatic rings. The Morgan fingerprint density at radius 2 is 1.55 bits per heavy atom. The Bertz CT molecular complexity index is 1340. The average Bonchev–Trinajstić information content (AvgIpc) is 2.91. The highest BCUT2D eigenvalue weighted by Gasteiger charge is 2.30. The zero-order valence-corrected chi connectivity index (χ0v) is 26.1. The molecule has 0 aliphatic heterocycles. The second-order valence-electron chi connectivity index (χ2n) is 12.1. The van der Waals surface area contributed by atoms with Gasteiger partial charge in [0.15, 0.2) is 0 Å². The van der Waals surface area contributed by atoms with Gasteiger partial charge in [-0.2, -0.15) is 0 Å². The molecular formula is C34H42ClN3O4. The van der Waals surface area contributed by atoms with Crippen molar-refractivity contribution >= 4 is 29.4 Å². The molecule has 0 saturated heterocycles. The largest absolute Gasteiger partial charge is 0.423 e. The fraction of sp³-hybridized carbons (Fsp3) is 0.382. The van der Waals surface area contributed by atoms with Crippen LogP contribution in [-0.4, -0.2) is 47.4 Å². The van der Waals surface area contributed by atoms with Gasteiger partial charge in [-0.1, -0.05) is 67.9 Å². The number of ether oxygens (including phenoxy) is 1. The van der Waals surface area contributed by atoms with Crippen LogP contribution in [-0.2, 0) is 22.6 Å². The van der Waals surface area contributed by atoms with Crippen LogP contribution in [0.1, 0.15) is 62.5 Å². The van der Waals surface area contributed by atoms with Crippen molar-refractivity contribution in [1.29, 1.82) is 0 Å². The molecule has 0 spiro atoms. The van der Waals surface area contributed by atoms with Crippen molar-refractivity contribution in [2.75, 3.05) is 7.05 Å². The first-order valence-electron chi connectivity index (χ1n) is 14.2. The lowest BCUT2D eigenvalue weighted by Gasteiger charge is -2.31. The molecule has 0 unspecified atom stereocenters. The maximum Gasteiger partial charge on any atom is 0.343 e. The van der Waals surface area contributed by atoms with Crippen molar-refractivity contribution in [2.45, 2.75) is 71.6 Å². The van der Waals surface area contributed by atoms with Gasteiger partial charge in [-0.15, -0.1) is 0 Å². The zero-order valence-electron chi connectivity index (χ0n) is 25.3. The smallest absolute Gasteiger partial charge is 0.343 e. The van der Waals surface area contributed by atoms with E-state index in [4.69, 9.17) is 16.3 Å². The molecule has 42 heavy (non-hydrogen) atoms. The van der Waals surface area contributed by atoms with Crippen LogP contribution in [0.25, 0.3) is 0 Å². The number of halogens is 1. The lowest BCUT2D eigenvalue weighted by Crippen LogP contribution is -2.56. The molecule has 0 heterocycles. The first kappa shape index (κ1) is 32.8. The van der Waals surface area contributed by atoms with Crippen molar-refractivity contribution in [1.82, 2.24) is 15.5 Å². The molecule has 3 aromatic carbocycles. The van der Waals surface area contributed by atoms with Crippen molar-refractivity contribution in [2.24, 2.45) is 5.92 Å². The van der Waals surface area contributed by atoms with Crippen LogP contribution in [0.4, 0.5) is 0 Å². The van der Waals surface area contributed by atoms with Crippen LogP contribution in [0.3, 0.4) is 0 Å². The first-order chi connectivity index (χ1) is 19.8. The van der Waals surface area contributed by atoms with Gasteiger partial charge in [0, 0.05) is 23.5 Å². The number of hydrogen-bond acceptors (Lipinski definition) is 5. The molecule has 0 fully saturated rings. The molecular weight excluding hydrogens is 550 g/mol. The van der Waals surface area contributed by atoms with Crippen LogP contribution in [0.2, 0.25) is 5.02 Å². The molecule has 0 aliphatic carbocycles. The van der Waals surface area contributed by atoms with Gasteiger partial charge >= 0.3 is 5.97 Å². The van der Waals surface area contributed by atoms with Gasteiger partial charge in [0.25, 0.3) is 0 Å². The number of rotatable bonds is 12. The highest BCUT2D eigenvalue weighted by molar-refractivity contribution is 6.30. The van der Waals surface area contributed by atoms with Crippen LogP contribution in [0.5, 0.6) is 5.75 Å². The Labute approximate surface area is 254 Å². The van der Waals surface area contributed by atoms with E-state index in [1.54, 1.807) is 48.5 Å². The van der Waals surface area contributed by atoms with E-state index in [9.17, 15) is 14.4 Å². The fourth-order valence-electron chi connectivity index (χ4n) is 4.57. The van der Waals surface area contributed by atoms with E-state index in [2.05, 4.69) is 24.5 Å². The van der Waals surface area contributed by atoms with E-state index in [0.717, 1.165) is 11.1 Å². The highest BCUT2D eigenvalue weighted by Crippen LogP contribution is 2.19. The minimum atomic E-state index is -0.802. The molecule has 0 aromatic heterocycles. The summed E-state index contributed by atoms with van der Waals surface area (Å²) >= 11 is 6.18. The van der Waals surface area contributed by atoms with E-state index in [-0.39, 0.29) is 24.2 Å². The van der Waals surface area contributed by atoms with Gasteiger partial charge in [0.1, 0.15) is 11.8 Å². The monoisotopic (exact) mass is 591 g/mol. The molecule has 8 heteroatoms. The predicted molar refractivity (Wildman–Crippen MR) is 168 cm³/mol. The van der Waals surface area contributed by atoms with Crippen molar-refractivity contribution < 1.29 is 19.1 Å². The predicted octanol–water partition coefficient (Wildman–Crippen LogP) is 6.05. The maximum atomic E-state index is 13.7. The van der Waals surface area contributed by atoms with E-state index in [0.29, 0.717) is 29.3 Å². The SMILES string of the molecule is CC(C)C[C@@H](C(=O)N[C@@H](Cc1ccc(OC(=O)c2ccccc2)cc1)C(=O)NC(C)(C)C)N(C)Cc1cccc(Cl)c1. The summed E-state index contributed by atoms with van der Waals surface area (Å²) in [5, 5.41) is 6.68. The fourth-order valence-corrected chi connectivity index (χ4v) is 4.78. The number of hydrogen-bond donors (Lipinski definition) is 2. The molecule has 2 N–H and O–H groups in total. The van der Waals surface area contributed by atoms with Gasteiger partial charge < -0.3 is 15.4 Å². The quantitative estimate of drug-likeness (QED) is 0.198. The van der Waals surface area contributed by atoms with Crippen LogP contribution in [0, 0.1) is 5.92 Å². The normalized spacial score (nSPS) is 13.0. The Balaban J connectivity index is 1.76. The highest BCUT2D eigenvalue weighted by atomic mass is 35.5. The number of esters is 1. The summed E-state index contributed by atoms with van der Waals surface area (Å²) in [7, 11) is 1.91. The van der Waals surface area contributed by atoms with E-state index >= 15 is 0 Å². The minimum Gasteiger partial charge on any atom is -0.423 e. The van der Waals surface area contributed by atoms with Crippen molar-refractivity contribution in [3.05, 3.63) is 101 Å². The first-order valence-corrected chi connectivity index (χ1v) is 14.6. The summed E-state index contributed by atoms with van der Waals surface area (Å²) in [4.78, 5) is 41.5. The topological polar surface area (TPSA) is 87.7 Å². The minimum absolute atomic E-state index is 0.212. The second kappa shape index (κ2) is 15.0. The Hall–Kier alpha value is -3.68. The number of benzene rings is 3. The van der Waals surface area contributed by atoms with Gasteiger partial charge in [-0.25, -0.2) is 4.79 Å². The number of amides is 2. The number of carbonyl (C=O) groups excluding carboxylic acids is 3. The third-order valence-corrected chi connectivity index (χ3v) is 6.80. The van der Waals surface area contributed by atoms with E-state index in [1.165, 1.54) is 0 Å². The average molecular weight is 592 g/mol. The molecule has 224 valence electrons. The molecule has 2 amide bonds. The van der Waals surface area contributed by atoms with Crippen LogP contribution >= 0.6 is 11.6 Å². The van der Waals surface area contributed by atoms with Crippen molar-refractivity contribution in [3.63, 3.8) is 0 Å². The molecule has 3 rings (SSSR count). The number of nitrogens with zero attached hydrogens (tertiary/aromatic N) is 1. The lowest BCUT2D eigenvalue weighted by molar-refractivity contribution is -0.132. The Kier molecular flexibility index (Phi) is 11.7. The van der Waals surface area contributed by atoms with Crippen molar-refractivity contribution in [3.8, 4) is 5.75 Å². The molecule has 2 atom stereocenters. The van der Waals surface area contributed by atoms with Gasteiger partial charge in [-0.05, 0) is 87.7 Å². The van der Waals surface area contributed by atoms with Crippen LogP contribution < -0.4 is 15.4 Å². The zero-order chi connectivity index (χ0) is 30.9. The summed E-state index contributed by atoms with van der Waals surface area (Å²) in [6, 6.07) is 22.1. The molecule has 0 saturated carbocycles. The standard InChI is InChI=1S/C34H42ClN3O4/c1-23(2)19-30(38(6)22-25-11-10-14-27(35)20-25)32(40)36-29(31(39)37-34(3,4)5)21-24-15-17-28(18-16-24)42-33(41)26-12-8-7-9-13-26/h7-18,20,23,29-30H,19,21-22H2,1-6H3,(H,36,40)(H,37,39)/t29-,30-/m0/s1. The van der Waals surface area contributed by atoms with Crippen LogP contribution in [0.15, 0.2) is 78.9 Å². The summed E-state index contributed by atoms with van der Waals surface area (Å²) < 4.78 is 5.49.